The maximum atomic E-state index is 5.48. The Hall–Kier alpha value is -2.41. The van der Waals surface area contributed by atoms with Crippen LogP contribution in [0.15, 0.2) is 33.7 Å². The molecule has 0 fully saturated rings. The number of aromatic nitrogens is 3. The van der Waals surface area contributed by atoms with Crippen molar-refractivity contribution in [2.24, 2.45) is 0 Å². The molecule has 0 saturated heterocycles. The van der Waals surface area contributed by atoms with Crippen LogP contribution in [0.3, 0.4) is 0 Å². The number of anilines is 1. The van der Waals surface area contributed by atoms with E-state index in [1.165, 1.54) is 6.33 Å². The Balaban J connectivity index is 1.65. The number of hydrogen-bond acceptors (Lipinski definition) is 7. The average molecular weight is 329 g/mol. The van der Waals surface area contributed by atoms with Gasteiger partial charge in [-0.3, -0.25) is 4.90 Å². The molecule has 128 valence electrons. The molecule has 0 spiro atoms. The fourth-order valence-corrected chi connectivity index (χ4v) is 2.69. The molecule has 0 aliphatic rings. The van der Waals surface area contributed by atoms with E-state index in [1.807, 2.05) is 19.1 Å². The smallest absolute Gasteiger partial charge is 0.263 e. The van der Waals surface area contributed by atoms with Crippen LogP contribution in [-0.4, -0.2) is 39.2 Å². The first-order valence-corrected chi connectivity index (χ1v) is 8.26. The van der Waals surface area contributed by atoms with Gasteiger partial charge in [0.05, 0.1) is 18.5 Å². The SMILES string of the molecule is CCC(C)N(CCNc1ncnc2onc(C)c12)Cc1ccco1. The summed E-state index contributed by atoms with van der Waals surface area (Å²) in [5, 5.41) is 8.18. The van der Waals surface area contributed by atoms with Crippen LogP contribution in [0.25, 0.3) is 11.1 Å². The second kappa shape index (κ2) is 7.44. The lowest BCUT2D eigenvalue weighted by Gasteiger charge is -2.27. The summed E-state index contributed by atoms with van der Waals surface area (Å²) in [7, 11) is 0. The molecule has 3 rings (SSSR count). The molecule has 0 aromatic carbocycles. The third-order valence-corrected chi connectivity index (χ3v) is 4.29. The molecule has 3 aromatic heterocycles. The van der Waals surface area contributed by atoms with Gasteiger partial charge in [-0.25, -0.2) is 4.98 Å². The van der Waals surface area contributed by atoms with Crippen molar-refractivity contribution in [3.63, 3.8) is 0 Å². The third-order valence-electron chi connectivity index (χ3n) is 4.29. The molecule has 0 bridgehead atoms. The minimum absolute atomic E-state index is 0.472. The summed E-state index contributed by atoms with van der Waals surface area (Å²) in [6, 6.07) is 4.41. The molecule has 3 aromatic rings. The molecule has 0 saturated carbocycles. The van der Waals surface area contributed by atoms with Crippen molar-refractivity contribution in [1.29, 1.82) is 0 Å². The van der Waals surface area contributed by atoms with Crippen molar-refractivity contribution >= 4 is 16.9 Å². The third kappa shape index (κ3) is 3.56. The Morgan fingerprint density at radius 1 is 1.33 bits per heavy atom. The highest BCUT2D eigenvalue weighted by atomic mass is 16.5. The Labute approximate surface area is 141 Å². The highest BCUT2D eigenvalue weighted by molar-refractivity contribution is 5.87. The van der Waals surface area contributed by atoms with Crippen LogP contribution in [0, 0.1) is 6.92 Å². The van der Waals surface area contributed by atoms with Crippen molar-refractivity contribution in [2.75, 3.05) is 18.4 Å². The Bertz CT molecular complexity index is 768. The number of hydrogen-bond donors (Lipinski definition) is 1. The minimum Gasteiger partial charge on any atom is -0.468 e. The second-order valence-corrected chi connectivity index (χ2v) is 5.90. The topological polar surface area (TPSA) is 80.2 Å². The fourth-order valence-electron chi connectivity index (χ4n) is 2.69. The molecule has 1 unspecified atom stereocenters. The molecule has 7 heteroatoms. The Kier molecular flexibility index (Phi) is 5.10. The van der Waals surface area contributed by atoms with Crippen molar-refractivity contribution in [3.8, 4) is 0 Å². The standard InChI is InChI=1S/C17H23N5O2/c1-4-12(2)22(10-14-6-5-9-23-14)8-7-18-16-15-13(3)21-24-17(15)20-11-19-16/h5-6,9,11-12H,4,7-8,10H2,1-3H3,(H,18,19,20). The van der Waals surface area contributed by atoms with E-state index >= 15 is 0 Å². The molecular weight excluding hydrogens is 306 g/mol. The number of rotatable bonds is 8. The predicted octanol–water partition coefficient (Wildman–Crippen LogP) is 3.23. The highest BCUT2D eigenvalue weighted by Gasteiger charge is 2.15. The summed E-state index contributed by atoms with van der Waals surface area (Å²) in [6.07, 6.45) is 4.29. The molecule has 0 aliphatic carbocycles. The Morgan fingerprint density at radius 3 is 2.96 bits per heavy atom. The molecular formula is C17H23N5O2. The van der Waals surface area contributed by atoms with Crippen LogP contribution in [-0.2, 0) is 6.54 Å². The van der Waals surface area contributed by atoms with Gasteiger partial charge in [0, 0.05) is 19.1 Å². The summed E-state index contributed by atoms with van der Waals surface area (Å²) in [5.41, 5.74) is 1.31. The van der Waals surface area contributed by atoms with Gasteiger partial charge in [0.15, 0.2) is 0 Å². The predicted molar refractivity (Wildman–Crippen MR) is 91.7 cm³/mol. The fraction of sp³-hybridized carbons (Fsp3) is 0.471. The van der Waals surface area contributed by atoms with Crippen LogP contribution in [0.2, 0.25) is 0 Å². The van der Waals surface area contributed by atoms with E-state index in [9.17, 15) is 0 Å². The monoisotopic (exact) mass is 329 g/mol. The zero-order valence-corrected chi connectivity index (χ0v) is 14.3. The van der Waals surface area contributed by atoms with Gasteiger partial charge in [0.2, 0.25) is 0 Å². The summed E-state index contributed by atoms with van der Waals surface area (Å²) < 4.78 is 10.7. The zero-order valence-electron chi connectivity index (χ0n) is 14.3. The van der Waals surface area contributed by atoms with E-state index in [0.717, 1.165) is 48.7 Å². The van der Waals surface area contributed by atoms with Crippen molar-refractivity contribution in [1.82, 2.24) is 20.0 Å². The van der Waals surface area contributed by atoms with Crippen LogP contribution in [0.4, 0.5) is 5.82 Å². The van der Waals surface area contributed by atoms with E-state index in [1.54, 1.807) is 6.26 Å². The van der Waals surface area contributed by atoms with Crippen molar-refractivity contribution < 1.29 is 8.94 Å². The van der Waals surface area contributed by atoms with Gasteiger partial charge < -0.3 is 14.3 Å². The van der Waals surface area contributed by atoms with Crippen LogP contribution in [0.1, 0.15) is 31.7 Å². The van der Waals surface area contributed by atoms with Gasteiger partial charge >= 0.3 is 0 Å². The van der Waals surface area contributed by atoms with Gasteiger partial charge in [-0.2, -0.15) is 4.98 Å². The first-order valence-electron chi connectivity index (χ1n) is 8.26. The van der Waals surface area contributed by atoms with E-state index < -0.39 is 0 Å². The maximum absolute atomic E-state index is 5.48. The lowest BCUT2D eigenvalue weighted by Crippen LogP contribution is -2.35. The second-order valence-electron chi connectivity index (χ2n) is 5.90. The van der Waals surface area contributed by atoms with Crippen molar-refractivity contribution in [3.05, 3.63) is 36.2 Å². The van der Waals surface area contributed by atoms with E-state index in [2.05, 4.69) is 39.2 Å². The molecule has 7 nitrogen and oxygen atoms in total. The largest absolute Gasteiger partial charge is 0.468 e. The highest BCUT2D eigenvalue weighted by Crippen LogP contribution is 2.22. The maximum Gasteiger partial charge on any atom is 0.263 e. The zero-order chi connectivity index (χ0) is 16.9. The molecule has 0 radical (unpaired) electrons. The van der Waals surface area contributed by atoms with Crippen LogP contribution < -0.4 is 5.32 Å². The normalized spacial score (nSPS) is 12.8. The van der Waals surface area contributed by atoms with E-state index in [4.69, 9.17) is 8.94 Å². The van der Waals surface area contributed by atoms with E-state index in [-0.39, 0.29) is 0 Å². The number of nitrogens with zero attached hydrogens (tertiary/aromatic N) is 4. The van der Waals surface area contributed by atoms with Crippen LogP contribution >= 0.6 is 0 Å². The molecule has 0 aliphatic heterocycles. The quantitative estimate of drug-likeness (QED) is 0.679. The molecule has 0 amide bonds. The van der Waals surface area contributed by atoms with Gasteiger partial charge in [0.1, 0.15) is 23.3 Å². The average Bonchev–Trinajstić information content (AvgIpc) is 3.24. The van der Waals surface area contributed by atoms with Crippen LogP contribution in [0.5, 0.6) is 0 Å². The summed E-state index contributed by atoms with van der Waals surface area (Å²) >= 11 is 0. The molecule has 1 atom stereocenters. The van der Waals surface area contributed by atoms with Crippen molar-refractivity contribution in [2.45, 2.75) is 39.8 Å². The number of nitrogens with one attached hydrogen (secondary N) is 1. The first-order chi connectivity index (χ1) is 11.7. The van der Waals surface area contributed by atoms with E-state index in [0.29, 0.717) is 11.8 Å². The number of furan rings is 1. The molecule has 24 heavy (non-hydrogen) atoms. The molecule has 3 heterocycles. The summed E-state index contributed by atoms with van der Waals surface area (Å²) in [5.74, 6) is 1.75. The van der Waals surface area contributed by atoms with Gasteiger partial charge in [0.25, 0.3) is 5.71 Å². The minimum atomic E-state index is 0.472. The summed E-state index contributed by atoms with van der Waals surface area (Å²) in [6.45, 7) is 8.77. The van der Waals surface area contributed by atoms with Gasteiger partial charge in [-0.15, -0.1) is 0 Å². The lowest BCUT2D eigenvalue weighted by atomic mass is 10.2. The number of fused-ring (bicyclic) bond motifs is 1. The lowest BCUT2D eigenvalue weighted by molar-refractivity contribution is 0.188. The first kappa shape index (κ1) is 16.4. The van der Waals surface area contributed by atoms with Gasteiger partial charge in [-0.1, -0.05) is 12.1 Å². The Morgan fingerprint density at radius 2 is 2.21 bits per heavy atom. The molecule has 1 N–H and O–H groups in total. The van der Waals surface area contributed by atoms with Gasteiger partial charge in [-0.05, 0) is 32.4 Å². The number of aryl methyl sites for hydroxylation is 1. The summed E-state index contributed by atoms with van der Waals surface area (Å²) in [4.78, 5) is 10.8.